The molecule has 5 heteroatoms. The Balaban J connectivity index is 2.68. The normalized spacial score (nSPS) is 10.8. The van der Waals surface area contributed by atoms with Crippen LogP contribution in [0.5, 0.6) is 0 Å². The van der Waals surface area contributed by atoms with Gasteiger partial charge in [0.2, 0.25) is 0 Å². The maximum Gasteiger partial charge on any atom is 0.157 e. The second kappa shape index (κ2) is 3.55. The first-order chi connectivity index (χ1) is 7.09. The predicted octanol–water partition coefficient (Wildman–Crippen LogP) is 1.70. The molecule has 0 saturated carbocycles. The molecule has 0 spiro atoms. The molecule has 0 fully saturated rings. The highest BCUT2D eigenvalue weighted by molar-refractivity contribution is 6.33. The molecule has 0 saturated heterocycles. The van der Waals surface area contributed by atoms with Crippen molar-refractivity contribution in [2.24, 2.45) is 0 Å². The maximum atomic E-state index is 11.0. The number of carbonyl (C=O) groups is 1. The summed E-state index contributed by atoms with van der Waals surface area (Å²) in [5.74, 6) is 0.663. The largest absolute Gasteiger partial charge is 0.397 e. The summed E-state index contributed by atoms with van der Waals surface area (Å²) in [6.45, 7) is 1.52. The Morgan fingerprint density at radius 1 is 1.67 bits per heavy atom. The van der Waals surface area contributed by atoms with E-state index in [1.807, 2.05) is 0 Å². The van der Waals surface area contributed by atoms with Crippen LogP contribution in [0.15, 0.2) is 18.3 Å². The van der Waals surface area contributed by atoms with Crippen molar-refractivity contribution in [2.45, 2.75) is 13.3 Å². The van der Waals surface area contributed by atoms with Crippen LogP contribution in [0, 0.1) is 0 Å². The molecule has 0 bridgehead atoms. The number of anilines is 1. The van der Waals surface area contributed by atoms with Crippen molar-refractivity contribution in [3.05, 3.63) is 29.3 Å². The Bertz CT molecular complexity index is 533. The third-order valence-corrected chi connectivity index (χ3v) is 2.40. The molecule has 2 aromatic heterocycles. The van der Waals surface area contributed by atoms with Crippen molar-refractivity contribution in [1.82, 2.24) is 9.38 Å². The zero-order chi connectivity index (χ0) is 11.0. The minimum Gasteiger partial charge on any atom is -0.397 e. The summed E-state index contributed by atoms with van der Waals surface area (Å²) in [6, 6.07) is 3.55. The van der Waals surface area contributed by atoms with Gasteiger partial charge in [-0.15, -0.1) is 0 Å². The third kappa shape index (κ3) is 1.68. The molecule has 0 aromatic carbocycles. The zero-order valence-corrected chi connectivity index (χ0v) is 8.95. The van der Waals surface area contributed by atoms with Gasteiger partial charge < -0.3 is 10.1 Å². The summed E-state index contributed by atoms with van der Waals surface area (Å²) in [4.78, 5) is 15.1. The van der Waals surface area contributed by atoms with E-state index in [9.17, 15) is 4.79 Å². The molecule has 2 rings (SSSR count). The average Bonchev–Trinajstić information content (AvgIpc) is 2.44. The van der Waals surface area contributed by atoms with Crippen molar-refractivity contribution < 1.29 is 4.79 Å². The number of nitrogens with two attached hydrogens (primary N) is 1. The lowest BCUT2D eigenvalue weighted by atomic mass is 10.3. The van der Waals surface area contributed by atoms with Gasteiger partial charge in [0.05, 0.1) is 12.1 Å². The van der Waals surface area contributed by atoms with Gasteiger partial charge >= 0.3 is 0 Å². The molecular weight excluding hydrogens is 214 g/mol. The maximum absolute atomic E-state index is 11.0. The van der Waals surface area contributed by atoms with Gasteiger partial charge in [-0.2, -0.15) is 0 Å². The van der Waals surface area contributed by atoms with E-state index in [0.29, 0.717) is 22.2 Å². The van der Waals surface area contributed by atoms with E-state index in [4.69, 9.17) is 17.3 Å². The van der Waals surface area contributed by atoms with Gasteiger partial charge in [-0.05, 0) is 19.1 Å². The number of fused-ring (bicyclic) bond motifs is 1. The average molecular weight is 224 g/mol. The van der Waals surface area contributed by atoms with Gasteiger partial charge in [-0.1, -0.05) is 11.6 Å². The van der Waals surface area contributed by atoms with Crippen molar-refractivity contribution in [3.8, 4) is 0 Å². The smallest absolute Gasteiger partial charge is 0.157 e. The van der Waals surface area contributed by atoms with Crippen molar-refractivity contribution >= 4 is 28.6 Å². The number of halogens is 1. The van der Waals surface area contributed by atoms with E-state index < -0.39 is 0 Å². The van der Waals surface area contributed by atoms with Crippen molar-refractivity contribution in [2.75, 3.05) is 5.73 Å². The quantitative estimate of drug-likeness (QED) is 0.843. The second-order valence-electron chi connectivity index (χ2n) is 3.38. The highest BCUT2D eigenvalue weighted by Gasteiger charge is 2.12. The number of nitrogen functional groups attached to an aromatic ring is 1. The minimum absolute atomic E-state index is 0.0426. The number of hydrogen-bond donors (Lipinski definition) is 1. The van der Waals surface area contributed by atoms with E-state index in [0.717, 1.165) is 0 Å². The van der Waals surface area contributed by atoms with E-state index in [1.54, 1.807) is 22.7 Å². The fourth-order valence-electron chi connectivity index (χ4n) is 1.53. The van der Waals surface area contributed by atoms with Crippen LogP contribution in [0.2, 0.25) is 5.15 Å². The minimum atomic E-state index is 0.0426. The van der Waals surface area contributed by atoms with Crippen LogP contribution in [-0.4, -0.2) is 15.2 Å². The van der Waals surface area contributed by atoms with Gasteiger partial charge in [0.1, 0.15) is 17.1 Å². The SMILES string of the molecule is CC(=O)Cc1nc(Cl)c2c(N)cccn12. The van der Waals surface area contributed by atoms with Gasteiger partial charge in [-0.25, -0.2) is 4.98 Å². The first-order valence-corrected chi connectivity index (χ1v) is 4.87. The van der Waals surface area contributed by atoms with Crippen molar-refractivity contribution in [1.29, 1.82) is 0 Å². The molecule has 2 aromatic rings. The van der Waals surface area contributed by atoms with Crippen LogP contribution < -0.4 is 5.73 Å². The van der Waals surface area contributed by atoms with Gasteiger partial charge in [0.15, 0.2) is 5.15 Å². The second-order valence-corrected chi connectivity index (χ2v) is 3.74. The van der Waals surface area contributed by atoms with E-state index in [1.165, 1.54) is 6.92 Å². The monoisotopic (exact) mass is 223 g/mol. The Kier molecular flexibility index (Phi) is 2.36. The van der Waals surface area contributed by atoms with Gasteiger partial charge in [0, 0.05) is 6.20 Å². The van der Waals surface area contributed by atoms with Crippen molar-refractivity contribution in [3.63, 3.8) is 0 Å². The molecule has 0 unspecified atom stereocenters. The molecule has 0 radical (unpaired) electrons. The number of imidazole rings is 1. The Morgan fingerprint density at radius 3 is 3.07 bits per heavy atom. The molecule has 0 aliphatic carbocycles. The Labute approximate surface area is 91.7 Å². The molecule has 2 heterocycles. The van der Waals surface area contributed by atoms with E-state index in [-0.39, 0.29) is 12.2 Å². The Morgan fingerprint density at radius 2 is 2.40 bits per heavy atom. The number of rotatable bonds is 2. The number of Topliss-reactive ketones (excluding diaryl/α,β-unsaturated/α-hetero) is 1. The topological polar surface area (TPSA) is 60.4 Å². The van der Waals surface area contributed by atoms with E-state index >= 15 is 0 Å². The summed E-state index contributed by atoms with van der Waals surface area (Å²) in [6.07, 6.45) is 2.06. The van der Waals surface area contributed by atoms with Crippen LogP contribution in [-0.2, 0) is 11.2 Å². The first kappa shape index (κ1) is 9.98. The lowest BCUT2D eigenvalue weighted by Gasteiger charge is -2.00. The van der Waals surface area contributed by atoms with Crippen LogP contribution in [0.1, 0.15) is 12.7 Å². The van der Waals surface area contributed by atoms with Crippen LogP contribution in [0.25, 0.3) is 5.52 Å². The van der Waals surface area contributed by atoms with Crippen LogP contribution >= 0.6 is 11.6 Å². The van der Waals surface area contributed by atoms with Gasteiger partial charge in [-0.3, -0.25) is 4.79 Å². The standard InChI is InChI=1S/C10H10ClN3O/c1-6(15)5-8-13-10(11)9-7(12)3-2-4-14(8)9/h2-4H,5,12H2,1H3. The number of carbonyl (C=O) groups excluding carboxylic acids is 1. The highest BCUT2D eigenvalue weighted by atomic mass is 35.5. The lowest BCUT2D eigenvalue weighted by Crippen LogP contribution is -2.02. The fourth-order valence-corrected chi connectivity index (χ4v) is 1.82. The number of ketones is 1. The molecule has 0 atom stereocenters. The molecule has 0 aliphatic heterocycles. The van der Waals surface area contributed by atoms with E-state index in [2.05, 4.69) is 4.98 Å². The van der Waals surface area contributed by atoms with Gasteiger partial charge in [0.25, 0.3) is 0 Å². The number of nitrogens with zero attached hydrogens (tertiary/aromatic N) is 2. The predicted molar refractivity (Wildman–Crippen MR) is 59.0 cm³/mol. The number of hydrogen-bond acceptors (Lipinski definition) is 3. The number of pyridine rings is 1. The third-order valence-electron chi connectivity index (χ3n) is 2.13. The summed E-state index contributed by atoms with van der Waals surface area (Å²) in [5, 5.41) is 0.337. The Hall–Kier alpha value is -1.55. The summed E-state index contributed by atoms with van der Waals surface area (Å²) in [7, 11) is 0. The van der Waals surface area contributed by atoms with Crippen LogP contribution in [0.4, 0.5) is 5.69 Å². The highest BCUT2D eigenvalue weighted by Crippen LogP contribution is 2.23. The molecule has 4 nitrogen and oxygen atoms in total. The lowest BCUT2D eigenvalue weighted by molar-refractivity contribution is -0.116. The molecule has 2 N–H and O–H groups in total. The molecule has 78 valence electrons. The summed E-state index contributed by atoms with van der Waals surface area (Å²) < 4.78 is 1.75. The first-order valence-electron chi connectivity index (χ1n) is 4.50. The summed E-state index contributed by atoms with van der Waals surface area (Å²) in [5.41, 5.74) is 6.99. The number of aromatic nitrogens is 2. The molecule has 0 amide bonds. The molecule has 0 aliphatic rings. The fraction of sp³-hybridized carbons (Fsp3) is 0.200. The zero-order valence-electron chi connectivity index (χ0n) is 8.20. The summed E-state index contributed by atoms with van der Waals surface area (Å²) >= 11 is 5.94. The van der Waals surface area contributed by atoms with Crippen LogP contribution in [0.3, 0.4) is 0 Å². The molecule has 15 heavy (non-hydrogen) atoms. The molecular formula is C10H10ClN3O.